The van der Waals surface area contributed by atoms with E-state index in [9.17, 15) is 13.2 Å². The van der Waals surface area contributed by atoms with Crippen molar-refractivity contribution < 1.29 is 13.2 Å². The third kappa shape index (κ3) is 5.00. The van der Waals surface area contributed by atoms with E-state index in [0.29, 0.717) is 24.2 Å². The van der Waals surface area contributed by atoms with E-state index in [1.165, 1.54) is 6.92 Å². The van der Waals surface area contributed by atoms with Crippen LogP contribution in [-0.2, 0) is 14.6 Å². The maximum absolute atomic E-state index is 11.9. The van der Waals surface area contributed by atoms with E-state index in [1.807, 2.05) is 0 Å². The predicted molar refractivity (Wildman–Crippen MR) is 70.7 cm³/mol. The molecule has 0 saturated heterocycles. The van der Waals surface area contributed by atoms with Crippen LogP contribution < -0.4 is 0 Å². The summed E-state index contributed by atoms with van der Waals surface area (Å²) >= 11 is 3.26. The van der Waals surface area contributed by atoms with Crippen LogP contribution in [0.1, 0.15) is 26.2 Å². The number of ketones is 1. The lowest BCUT2D eigenvalue weighted by Gasteiger charge is -2.04. The van der Waals surface area contributed by atoms with Crippen LogP contribution in [0.25, 0.3) is 0 Å². The molecule has 0 unspecified atom stereocenters. The van der Waals surface area contributed by atoms with Crippen molar-refractivity contribution in [3.8, 4) is 0 Å². The van der Waals surface area contributed by atoms with Crippen molar-refractivity contribution in [1.29, 1.82) is 0 Å². The topological polar surface area (TPSA) is 51.2 Å². The summed E-state index contributed by atoms with van der Waals surface area (Å²) in [6, 6.07) is 6.60. The highest BCUT2D eigenvalue weighted by Crippen LogP contribution is 2.17. The van der Waals surface area contributed by atoms with Crippen LogP contribution in [0.15, 0.2) is 33.6 Å². The summed E-state index contributed by atoms with van der Waals surface area (Å²) in [6.45, 7) is 1.52. The molecule has 0 saturated carbocycles. The molecule has 0 fully saturated rings. The van der Waals surface area contributed by atoms with Gasteiger partial charge in [0.15, 0.2) is 9.84 Å². The predicted octanol–water partition coefficient (Wildman–Crippen LogP) is 2.98. The van der Waals surface area contributed by atoms with Crippen LogP contribution in [0.4, 0.5) is 0 Å². The van der Waals surface area contributed by atoms with Gasteiger partial charge in [-0.3, -0.25) is 0 Å². The smallest absolute Gasteiger partial charge is 0.178 e. The molecule has 94 valence electrons. The monoisotopic (exact) mass is 318 g/mol. The van der Waals surface area contributed by atoms with E-state index in [-0.39, 0.29) is 11.5 Å². The van der Waals surface area contributed by atoms with Crippen molar-refractivity contribution in [2.24, 2.45) is 0 Å². The minimum atomic E-state index is -3.21. The number of sulfone groups is 1. The van der Waals surface area contributed by atoms with Crippen LogP contribution in [0.3, 0.4) is 0 Å². The first-order valence-electron chi connectivity index (χ1n) is 5.39. The third-order valence-corrected chi connectivity index (χ3v) is 4.71. The number of halogens is 1. The molecule has 0 aliphatic heterocycles. The molecule has 0 N–H and O–H groups in total. The molecule has 0 radical (unpaired) electrons. The highest BCUT2D eigenvalue weighted by atomic mass is 79.9. The molecule has 0 atom stereocenters. The van der Waals surface area contributed by atoms with Crippen LogP contribution in [0.2, 0.25) is 0 Å². The average molecular weight is 319 g/mol. The normalized spacial score (nSPS) is 11.4. The standard InChI is InChI=1S/C12H15BrO3S/c1-10(14)4-2-3-9-17(15,16)12-7-5-11(13)6-8-12/h5-8H,2-4,9H2,1H3. The first-order valence-corrected chi connectivity index (χ1v) is 7.84. The van der Waals surface area contributed by atoms with Gasteiger partial charge in [-0.05, 0) is 44.0 Å². The summed E-state index contributed by atoms with van der Waals surface area (Å²) in [5.41, 5.74) is 0. The molecule has 17 heavy (non-hydrogen) atoms. The lowest BCUT2D eigenvalue weighted by atomic mass is 10.2. The van der Waals surface area contributed by atoms with Crippen molar-refractivity contribution >= 4 is 31.6 Å². The second kappa shape index (κ2) is 6.31. The summed E-state index contributed by atoms with van der Waals surface area (Å²) in [4.78, 5) is 11.1. The Morgan fingerprint density at radius 2 is 1.76 bits per heavy atom. The van der Waals surface area contributed by atoms with E-state index in [1.54, 1.807) is 24.3 Å². The molecule has 0 aliphatic rings. The Morgan fingerprint density at radius 3 is 2.29 bits per heavy atom. The SMILES string of the molecule is CC(=O)CCCCS(=O)(=O)c1ccc(Br)cc1. The molecule has 0 aromatic heterocycles. The zero-order chi connectivity index (χ0) is 12.9. The van der Waals surface area contributed by atoms with Gasteiger partial charge in [0.2, 0.25) is 0 Å². The van der Waals surface area contributed by atoms with E-state index in [0.717, 1.165) is 4.47 Å². The number of unbranched alkanes of at least 4 members (excludes halogenated alkanes) is 1. The molecule has 1 aromatic carbocycles. The summed E-state index contributed by atoms with van der Waals surface area (Å²) in [7, 11) is -3.21. The van der Waals surface area contributed by atoms with Gasteiger partial charge in [-0.25, -0.2) is 8.42 Å². The molecule has 1 aromatic rings. The van der Waals surface area contributed by atoms with E-state index >= 15 is 0 Å². The van der Waals surface area contributed by atoms with Crippen LogP contribution in [0, 0.1) is 0 Å². The second-order valence-corrected chi connectivity index (χ2v) is 6.96. The van der Waals surface area contributed by atoms with Gasteiger partial charge >= 0.3 is 0 Å². The van der Waals surface area contributed by atoms with Crippen molar-refractivity contribution in [3.05, 3.63) is 28.7 Å². The summed E-state index contributed by atoms with van der Waals surface area (Å²) in [5, 5.41) is 0. The van der Waals surface area contributed by atoms with Gasteiger partial charge in [-0.1, -0.05) is 15.9 Å². The molecular weight excluding hydrogens is 304 g/mol. The fraction of sp³-hybridized carbons (Fsp3) is 0.417. The first kappa shape index (κ1) is 14.4. The number of benzene rings is 1. The Labute approximate surface area is 110 Å². The highest BCUT2D eigenvalue weighted by molar-refractivity contribution is 9.10. The summed E-state index contributed by atoms with van der Waals surface area (Å²) in [6.07, 6.45) is 1.61. The van der Waals surface area contributed by atoms with Crippen molar-refractivity contribution in [2.45, 2.75) is 31.1 Å². The van der Waals surface area contributed by atoms with E-state index in [2.05, 4.69) is 15.9 Å². The zero-order valence-corrected chi connectivity index (χ0v) is 12.1. The number of hydrogen-bond acceptors (Lipinski definition) is 3. The fourth-order valence-corrected chi connectivity index (χ4v) is 3.06. The Balaban J connectivity index is 2.57. The minimum Gasteiger partial charge on any atom is -0.300 e. The molecule has 5 heteroatoms. The molecule has 3 nitrogen and oxygen atoms in total. The quantitative estimate of drug-likeness (QED) is 0.758. The van der Waals surface area contributed by atoms with Gasteiger partial charge in [-0.2, -0.15) is 0 Å². The molecule has 0 amide bonds. The highest BCUT2D eigenvalue weighted by Gasteiger charge is 2.13. The van der Waals surface area contributed by atoms with Crippen LogP contribution in [-0.4, -0.2) is 20.0 Å². The van der Waals surface area contributed by atoms with Gasteiger partial charge in [0, 0.05) is 10.9 Å². The molecule has 0 aliphatic carbocycles. The molecule has 0 heterocycles. The summed E-state index contributed by atoms with van der Waals surface area (Å²) in [5.74, 6) is 0.202. The van der Waals surface area contributed by atoms with Gasteiger partial charge in [0.1, 0.15) is 5.78 Å². The third-order valence-electron chi connectivity index (χ3n) is 2.36. The van der Waals surface area contributed by atoms with Crippen molar-refractivity contribution in [3.63, 3.8) is 0 Å². The number of hydrogen-bond donors (Lipinski definition) is 0. The molecular formula is C12H15BrO3S. The first-order chi connectivity index (χ1) is 7.92. The van der Waals surface area contributed by atoms with Crippen molar-refractivity contribution in [1.82, 2.24) is 0 Å². The maximum Gasteiger partial charge on any atom is 0.178 e. The van der Waals surface area contributed by atoms with E-state index < -0.39 is 9.84 Å². The number of Topliss-reactive ketones (excluding diaryl/α,β-unsaturated/α-hetero) is 1. The average Bonchev–Trinajstić information content (AvgIpc) is 2.25. The Kier molecular flexibility index (Phi) is 5.33. The van der Waals surface area contributed by atoms with Gasteiger partial charge < -0.3 is 4.79 Å². The Hall–Kier alpha value is -0.680. The largest absolute Gasteiger partial charge is 0.300 e. The lowest BCUT2D eigenvalue weighted by Crippen LogP contribution is -2.07. The minimum absolute atomic E-state index is 0.0991. The number of carbonyl (C=O) groups is 1. The van der Waals surface area contributed by atoms with Gasteiger partial charge in [0.25, 0.3) is 0 Å². The maximum atomic E-state index is 11.9. The molecule has 0 spiro atoms. The zero-order valence-electron chi connectivity index (χ0n) is 9.65. The number of rotatable bonds is 6. The van der Waals surface area contributed by atoms with Crippen molar-refractivity contribution in [2.75, 3.05) is 5.75 Å². The second-order valence-electron chi connectivity index (χ2n) is 3.93. The molecule has 1 rings (SSSR count). The van der Waals surface area contributed by atoms with Crippen LogP contribution >= 0.6 is 15.9 Å². The Morgan fingerprint density at radius 1 is 1.18 bits per heavy atom. The lowest BCUT2D eigenvalue weighted by molar-refractivity contribution is -0.117. The molecule has 0 bridgehead atoms. The fourth-order valence-electron chi connectivity index (χ4n) is 1.43. The number of carbonyl (C=O) groups excluding carboxylic acids is 1. The van der Waals surface area contributed by atoms with Gasteiger partial charge in [-0.15, -0.1) is 0 Å². The Bertz CT molecular complexity index is 477. The van der Waals surface area contributed by atoms with Gasteiger partial charge in [0.05, 0.1) is 10.6 Å². The summed E-state index contributed by atoms with van der Waals surface area (Å²) < 4.78 is 24.6. The van der Waals surface area contributed by atoms with Crippen LogP contribution in [0.5, 0.6) is 0 Å². The van der Waals surface area contributed by atoms with E-state index in [4.69, 9.17) is 0 Å².